The van der Waals surface area contributed by atoms with Gasteiger partial charge in [0.15, 0.2) is 5.82 Å². The van der Waals surface area contributed by atoms with E-state index in [4.69, 9.17) is 16.9 Å². The van der Waals surface area contributed by atoms with Gasteiger partial charge >= 0.3 is 0 Å². The molecule has 1 aromatic carbocycles. The van der Waals surface area contributed by atoms with Gasteiger partial charge in [0.05, 0.1) is 11.8 Å². The summed E-state index contributed by atoms with van der Waals surface area (Å²) < 4.78 is 27.6. The number of hydrogen-bond donors (Lipinski definition) is 1. The SMILES string of the molecule is N#CCCC(=O)N[C@H]1CC[C@H](CCN2CCN(c3ccc(F)c(Cl)c3F)CC2)CC1. The van der Waals surface area contributed by atoms with E-state index in [1.807, 2.05) is 11.0 Å². The first-order valence-electron chi connectivity index (χ1n) is 10.7. The van der Waals surface area contributed by atoms with E-state index in [-0.39, 0.29) is 24.8 Å². The highest BCUT2D eigenvalue weighted by Gasteiger charge is 2.25. The van der Waals surface area contributed by atoms with Crippen LogP contribution in [0.4, 0.5) is 14.5 Å². The second-order valence-electron chi connectivity index (χ2n) is 8.26. The zero-order valence-electron chi connectivity index (χ0n) is 17.2. The summed E-state index contributed by atoms with van der Waals surface area (Å²) in [5.74, 6) is -0.755. The maximum atomic E-state index is 14.2. The quantitative estimate of drug-likeness (QED) is 0.651. The van der Waals surface area contributed by atoms with E-state index in [0.717, 1.165) is 51.7 Å². The Morgan fingerprint density at radius 2 is 1.87 bits per heavy atom. The molecule has 0 unspecified atom stereocenters. The topological polar surface area (TPSA) is 59.4 Å². The van der Waals surface area contributed by atoms with E-state index < -0.39 is 16.7 Å². The molecule has 0 atom stereocenters. The average Bonchev–Trinajstić information content (AvgIpc) is 2.76. The van der Waals surface area contributed by atoms with Crippen LogP contribution in [0.25, 0.3) is 0 Å². The van der Waals surface area contributed by atoms with Gasteiger partial charge in [-0.3, -0.25) is 9.69 Å². The molecule has 3 rings (SSSR count). The standard InChI is InChI=1S/C22H29ClF2N4O/c23-21-18(24)7-8-19(22(21)25)29-14-12-28(13-15-29)11-9-16-3-5-17(6-4-16)27-20(30)2-1-10-26/h7-8,16-17H,1-6,9,11-15H2,(H,27,30)/t16-,17-. The summed E-state index contributed by atoms with van der Waals surface area (Å²) in [7, 11) is 0. The molecule has 2 fully saturated rings. The van der Waals surface area contributed by atoms with Crippen LogP contribution in [-0.4, -0.2) is 49.6 Å². The maximum Gasteiger partial charge on any atom is 0.221 e. The largest absolute Gasteiger partial charge is 0.367 e. The van der Waals surface area contributed by atoms with Gasteiger partial charge in [0.1, 0.15) is 10.8 Å². The van der Waals surface area contributed by atoms with Crippen molar-refractivity contribution in [1.82, 2.24) is 10.2 Å². The fourth-order valence-corrected chi connectivity index (χ4v) is 4.56. The number of halogens is 3. The Morgan fingerprint density at radius 1 is 1.17 bits per heavy atom. The third-order valence-electron chi connectivity index (χ3n) is 6.26. The van der Waals surface area contributed by atoms with Crippen molar-refractivity contribution in [3.8, 4) is 6.07 Å². The van der Waals surface area contributed by atoms with Crippen LogP contribution < -0.4 is 10.2 Å². The van der Waals surface area contributed by atoms with Gasteiger partial charge in [0.25, 0.3) is 0 Å². The fourth-order valence-electron chi connectivity index (χ4n) is 4.40. The Labute approximate surface area is 182 Å². The summed E-state index contributed by atoms with van der Waals surface area (Å²) in [6, 6.07) is 4.93. The second-order valence-corrected chi connectivity index (χ2v) is 8.63. The van der Waals surface area contributed by atoms with E-state index in [2.05, 4.69) is 10.2 Å². The summed E-state index contributed by atoms with van der Waals surface area (Å²) in [6.45, 7) is 4.10. The molecule has 1 aliphatic carbocycles. The van der Waals surface area contributed by atoms with Crippen molar-refractivity contribution in [2.45, 2.75) is 51.0 Å². The smallest absolute Gasteiger partial charge is 0.221 e. The normalized spacial score (nSPS) is 22.5. The van der Waals surface area contributed by atoms with Crippen molar-refractivity contribution < 1.29 is 13.6 Å². The van der Waals surface area contributed by atoms with E-state index in [1.165, 1.54) is 12.1 Å². The van der Waals surface area contributed by atoms with Crippen LogP contribution in [0, 0.1) is 28.9 Å². The summed E-state index contributed by atoms with van der Waals surface area (Å²) >= 11 is 5.70. The molecule has 8 heteroatoms. The number of rotatable bonds is 7. The summed E-state index contributed by atoms with van der Waals surface area (Å²) in [6.07, 6.45) is 5.92. The lowest BCUT2D eigenvalue weighted by Gasteiger charge is -2.37. The maximum absolute atomic E-state index is 14.2. The fraction of sp³-hybridized carbons (Fsp3) is 0.636. The second kappa shape index (κ2) is 10.9. The molecule has 2 aliphatic rings. The third kappa shape index (κ3) is 6.05. The van der Waals surface area contributed by atoms with Crippen molar-refractivity contribution in [3.63, 3.8) is 0 Å². The number of hydrogen-bond acceptors (Lipinski definition) is 4. The van der Waals surface area contributed by atoms with Crippen LogP contribution >= 0.6 is 11.6 Å². The number of carbonyl (C=O) groups is 1. The lowest BCUT2D eigenvalue weighted by atomic mass is 9.84. The van der Waals surface area contributed by atoms with Crippen molar-refractivity contribution >= 4 is 23.2 Å². The molecule has 1 aromatic rings. The molecule has 30 heavy (non-hydrogen) atoms. The molecule has 0 spiro atoms. The lowest BCUT2D eigenvalue weighted by molar-refractivity contribution is -0.122. The highest BCUT2D eigenvalue weighted by molar-refractivity contribution is 6.31. The van der Waals surface area contributed by atoms with Crippen LogP contribution in [0.1, 0.15) is 44.9 Å². The zero-order valence-corrected chi connectivity index (χ0v) is 17.9. The Morgan fingerprint density at radius 3 is 2.53 bits per heavy atom. The number of nitrogens with zero attached hydrogens (tertiary/aromatic N) is 3. The highest BCUT2D eigenvalue weighted by Crippen LogP contribution is 2.30. The molecule has 164 valence electrons. The molecule has 1 amide bonds. The Bertz CT molecular complexity index is 769. The van der Waals surface area contributed by atoms with Crippen LogP contribution in [0.3, 0.4) is 0 Å². The van der Waals surface area contributed by atoms with E-state index in [9.17, 15) is 13.6 Å². The van der Waals surface area contributed by atoms with Gasteiger partial charge in [0.2, 0.25) is 5.91 Å². The van der Waals surface area contributed by atoms with Crippen LogP contribution in [0.15, 0.2) is 12.1 Å². The number of anilines is 1. The van der Waals surface area contributed by atoms with Gasteiger partial charge < -0.3 is 10.2 Å². The molecular weight excluding hydrogens is 410 g/mol. The molecule has 1 heterocycles. The van der Waals surface area contributed by atoms with Gasteiger partial charge in [-0.05, 0) is 56.7 Å². The third-order valence-corrected chi connectivity index (χ3v) is 6.60. The number of carbonyl (C=O) groups excluding carboxylic acids is 1. The molecular formula is C22H29ClF2N4O. The number of benzene rings is 1. The molecule has 0 aromatic heterocycles. The molecule has 1 saturated carbocycles. The van der Waals surface area contributed by atoms with Crippen molar-refractivity contribution in [3.05, 3.63) is 28.8 Å². The molecule has 1 aliphatic heterocycles. The molecule has 5 nitrogen and oxygen atoms in total. The van der Waals surface area contributed by atoms with Crippen LogP contribution in [-0.2, 0) is 4.79 Å². The van der Waals surface area contributed by atoms with Gasteiger partial charge in [-0.2, -0.15) is 5.26 Å². The molecule has 1 saturated heterocycles. The first-order chi connectivity index (χ1) is 14.5. The van der Waals surface area contributed by atoms with Gasteiger partial charge in [-0.1, -0.05) is 11.6 Å². The highest BCUT2D eigenvalue weighted by atomic mass is 35.5. The minimum Gasteiger partial charge on any atom is -0.367 e. The van der Waals surface area contributed by atoms with E-state index >= 15 is 0 Å². The van der Waals surface area contributed by atoms with Crippen molar-refractivity contribution in [1.29, 1.82) is 5.26 Å². The number of nitrogens with one attached hydrogen (secondary N) is 1. The average molecular weight is 439 g/mol. The first-order valence-corrected chi connectivity index (χ1v) is 11.1. The van der Waals surface area contributed by atoms with Crippen molar-refractivity contribution in [2.75, 3.05) is 37.6 Å². The Kier molecular flexibility index (Phi) is 8.29. The molecule has 0 bridgehead atoms. The Hall–Kier alpha value is -1.91. The molecule has 1 N–H and O–H groups in total. The zero-order chi connectivity index (χ0) is 21.5. The van der Waals surface area contributed by atoms with Gasteiger partial charge in [0, 0.05) is 45.1 Å². The Balaban J connectivity index is 1.35. The van der Waals surface area contributed by atoms with Gasteiger partial charge in [-0.15, -0.1) is 0 Å². The minimum atomic E-state index is -0.729. The summed E-state index contributed by atoms with van der Waals surface area (Å²) in [4.78, 5) is 16.1. The van der Waals surface area contributed by atoms with Crippen LogP contribution in [0.2, 0.25) is 5.02 Å². The number of piperazine rings is 1. The van der Waals surface area contributed by atoms with Gasteiger partial charge in [-0.25, -0.2) is 8.78 Å². The first kappa shape index (κ1) is 22.8. The summed E-state index contributed by atoms with van der Waals surface area (Å²) in [5, 5.41) is 11.2. The monoisotopic (exact) mass is 438 g/mol. The van der Waals surface area contributed by atoms with Crippen LogP contribution in [0.5, 0.6) is 0 Å². The van der Waals surface area contributed by atoms with E-state index in [0.29, 0.717) is 24.7 Å². The number of nitriles is 1. The predicted octanol–water partition coefficient (Wildman–Crippen LogP) is 4.11. The molecule has 0 radical (unpaired) electrons. The predicted molar refractivity (Wildman–Crippen MR) is 113 cm³/mol. The van der Waals surface area contributed by atoms with Crippen molar-refractivity contribution in [2.24, 2.45) is 5.92 Å². The number of amides is 1. The minimum absolute atomic E-state index is 0.0169. The van der Waals surface area contributed by atoms with E-state index in [1.54, 1.807) is 0 Å². The lowest BCUT2D eigenvalue weighted by Crippen LogP contribution is -2.47. The summed E-state index contributed by atoms with van der Waals surface area (Å²) in [5.41, 5.74) is 0.371.